The summed E-state index contributed by atoms with van der Waals surface area (Å²) in [6.45, 7) is 1.10. The van der Waals surface area contributed by atoms with Crippen molar-refractivity contribution >= 4 is 21.6 Å². The number of amides is 1. The molecule has 1 amide bonds. The Kier molecular flexibility index (Phi) is 4.56. The molecule has 3 heterocycles. The van der Waals surface area contributed by atoms with Gasteiger partial charge in [0, 0.05) is 19.2 Å². The van der Waals surface area contributed by atoms with Crippen molar-refractivity contribution in [3.8, 4) is 5.75 Å². The van der Waals surface area contributed by atoms with Crippen LogP contribution in [0.2, 0.25) is 0 Å². The van der Waals surface area contributed by atoms with Gasteiger partial charge in [-0.05, 0) is 43.0 Å². The number of sulfonamides is 1. The Morgan fingerprint density at radius 3 is 2.70 bits per heavy atom. The van der Waals surface area contributed by atoms with E-state index in [9.17, 15) is 13.2 Å². The van der Waals surface area contributed by atoms with Gasteiger partial charge in [0.25, 0.3) is 5.91 Å². The summed E-state index contributed by atoms with van der Waals surface area (Å²) in [5.74, 6) is 0.854. The lowest BCUT2D eigenvalue weighted by atomic mass is 9.93. The summed E-state index contributed by atoms with van der Waals surface area (Å²) < 4.78 is 38.3. The van der Waals surface area contributed by atoms with Crippen LogP contribution in [0.3, 0.4) is 0 Å². The van der Waals surface area contributed by atoms with Crippen molar-refractivity contribution in [3.63, 3.8) is 0 Å². The highest BCUT2D eigenvalue weighted by Crippen LogP contribution is 2.33. The molecule has 2 aliphatic heterocycles. The summed E-state index contributed by atoms with van der Waals surface area (Å²) >= 11 is 0. The van der Waals surface area contributed by atoms with Crippen molar-refractivity contribution < 1.29 is 22.4 Å². The number of ether oxygens (including phenoxy) is 1. The van der Waals surface area contributed by atoms with E-state index in [4.69, 9.17) is 9.15 Å². The van der Waals surface area contributed by atoms with Crippen LogP contribution in [0.1, 0.15) is 23.4 Å². The Labute approximate surface area is 157 Å². The fourth-order valence-electron chi connectivity index (χ4n) is 3.62. The third kappa shape index (κ3) is 3.40. The number of piperidine rings is 1. The van der Waals surface area contributed by atoms with Gasteiger partial charge in [0.2, 0.25) is 10.0 Å². The molecule has 8 nitrogen and oxygen atoms in total. The second-order valence-corrected chi connectivity index (χ2v) is 8.39. The number of hydrogen-bond acceptors (Lipinski definition) is 6. The number of fused-ring (bicyclic) bond motifs is 1. The fourth-order valence-corrected chi connectivity index (χ4v) is 4.98. The van der Waals surface area contributed by atoms with Gasteiger partial charge >= 0.3 is 0 Å². The fraction of sp³-hybridized carbons (Fsp3) is 0.389. The van der Waals surface area contributed by atoms with Crippen LogP contribution in [0.4, 0.5) is 5.69 Å². The summed E-state index contributed by atoms with van der Waals surface area (Å²) in [6.07, 6.45) is 2.43. The molecule has 1 aromatic carbocycles. The zero-order valence-electron chi connectivity index (χ0n) is 14.8. The Bertz CT molecular complexity index is 934. The summed E-state index contributed by atoms with van der Waals surface area (Å²) in [6, 6.07) is 8.18. The third-order valence-corrected chi connectivity index (χ3v) is 6.60. The zero-order valence-corrected chi connectivity index (χ0v) is 15.7. The van der Waals surface area contributed by atoms with E-state index in [1.165, 1.54) is 12.3 Å². The predicted octanol–water partition coefficient (Wildman–Crippen LogP) is 1.87. The quantitative estimate of drug-likeness (QED) is 0.828. The first-order chi connectivity index (χ1) is 13.0. The molecule has 144 valence electrons. The highest BCUT2D eigenvalue weighted by Gasteiger charge is 2.36. The van der Waals surface area contributed by atoms with Gasteiger partial charge in [-0.2, -0.15) is 4.72 Å². The average molecular weight is 391 g/mol. The number of carbonyl (C=O) groups is 1. The summed E-state index contributed by atoms with van der Waals surface area (Å²) in [5.41, 5.74) is 0.534. The third-order valence-electron chi connectivity index (χ3n) is 5.10. The molecule has 0 bridgehead atoms. The maximum Gasteiger partial charge on any atom is 0.289 e. The van der Waals surface area contributed by atoms with E-state index in [1.807, 2.05) is 0 Å². The molecular formula is C18H21N3O5S. The van der Waals surface area contributed by atoms with Gasteiger partial charge in [0.1, 0.15) is 10.6 Å². The Morgan fingerprint density at radius 1 is 1.26 bits per heavy atom. The van der Waals surface area contributed by atoms with Gasteiger partial charge in [0.05, 0.1) is 25.2 Å². The lowest BCUT2D eigenvalue weighted by Crippen LogP contribution is -2.52. The molecule has 27 heavy (non-hydrogen) atoms. The summed E-state index contributed by atoms with van der Waals surface area (Å²) in [4.78, 5) is 14.3. The van der Waals surface area contributed by atoms with Gasteiger partial charge in [-0.3, -0.25) is 4.79 Å². The minimum Gasteiger partial charge on any atom is -0.497 e. The van der Waals surface area contributed by atoms with Crippen LogP contribution in [0.15, 0.2) is 45.9 Å². The van der Waals surface area contributed by atoms with Gasteiger partial charge in [0.15, 0.2) is 5.76 Å². The minimum absolute atomic E-state index is 0.0692. The molecule has 1 atom stereocenters. The molecule has 1 saturated heterocycles. The van der Waals surface area contributed by atoms with Crippen LogP contribution in [0.25, 0.3) is 0 Å². The van der Waals surface area contributed by atoms with Gasteiger partial charge < -0.3 is 19.4 Å². The molecule has 2 N–H and O–H groups in total. The lowest BCUT2D eigenvalue weighted by molar-refractivity contribution is 0.0647. The maximum atomic E-state index is 12.6. The van der Waals surface area contributed by atoms with E-state index in [0.29, 0.717) is 43.1 Å². The van der Waals surface area contributed by atoms with E-state index in [2.05, 4.69) is 10.0 Å². The first-order valence-corrected chi connectivity index (χ1v) is 10.3. The first-order valence-electron chi connectivity index (χ1n) is 8.77. The number of anilines is 1. The van der Waals surface area contributed by atoms with E-state index >= 15 is 0 Å². The molecule has 1 fully saturated rings. The van der Waals surface area contributed by atoms with Crippen LogP contribution in [-0.4, -0.2) is 45.6 Å². The van der Waals surface area contributed by atoms with E-state index in [-0.39, 0.29) is 16.7 Å². The number of carbonyl (C=O) groups excluding carboxylic acids is 1. The van der Waals surface area contributed by atoms with Crippen molar-refractivity contribution in [3.05, 3.63) is 42.4 Å². The van der Waals surface area contributed by atoms with Crippen LogP contribution in [0.5, 0.6) is 5.75 Å². The number of nitrogens with zero attached hydrogens (tertiary/aromatic N) is 1. The predicted molar refractivity (Wildman–Crippen MR) is 98.1 cm³/mol. The Hall–Kier alpha value is -2.52. The summed E-state index contributed by atoms with van der Waals surface area (Å²) in [5, 5.41) is 3.28. The summed E-state index contributed by atoms with van der Waals surface area (Å²) in [7, 11) is -2.05. The number of methoxy groups -OCH3 is 1. The molecule has 2 aliphatic rings. The zero-order chi connectivity index (χ0) is 19.0. The van der Waals surface area contributed by atoms with Gasteiger partial charge in [-0.15, -0.1) is 0 Å². The highest BCUT2D eigenvalue weighted by atomic mass is 32.2. The van der Waals surface area contributed by atoms with Crippen molar-refractivity contribution in [2.24, 2.45) is 5.92 Å². The van der Waals surface area contributed by atoms with Gasteiger partial charge in [-0.1, -0.05) is 0 Å². The number of hydrogen-bond donors (Lipinski definition) is 2. The molecule has 0 radical (unpaired) electrons. The van der Waals surface area contributed by atoms with E-state index in [0.717, 1.165) is 0 Å². The number of rotatable bonds is 3. The van der Waals surface area contributed by atoms with Crippen molar-refractivity contribution in [2.45, 2.75) is 23.9 Å². The molecule has 0 spiro atoms. The number of nitrogens with one attached hydrogen (secondary N) is 2. The average Bonchev–Trinajstić information content (AvgIpc) is 3.21. The molecular weight excluding hydrogens is 370 g/mol. The monoisotopic (exact) mass is 391 g/mol. The number of benzene rings is 1. The van der Waals surface area contributed by atoms with Crippen LogP contribution in [-0.2, 0) is 10.0 Å². The smallest absolute Gasteiger partial charge is 0.289 e. The minimum atomic E-state index is -3.59. The Morgan fingerprint density at radius 2 is 2.04 bits per heavy atom. The second-order valence-electron chi connectivity index (χ2n) is 6.71. The topological polar surface area (TPSA) is 101 Å². The normalized spacial score (nSPS) is 22.0. The van der Waals surface area contributed by atoms with Crippen molar-refractivity contribution in [2.75, 3.05) is 25.5 Å². The molecule has 0 unspecified atom stereocenters. The van der Waals surface area contributed by atoms with Crippen LogP contribution < -0.4 is 14.8 Å². The highest BCUT2D eigenvalue weighted by molar-refractivity contribution is 7.89. The molecule has 0 saturated carbocycles. The van der Waals surface area contributed by atoms with Crippen molar-refractivity contribution in [1.29, 1.82) is 0 Å². The van der Waals surface area contributed by atoms with E-state index < -0.39 is 16.2 Å². The molecule has 4 rings (SSSR count). The van der Waals surface area contributed by atoms with Crippen LogP contribution >= 0.6 is 0 Å². The van der Waals surface area contributed by atoms with E-state index in [1.54, 1.807) is 36.3 Å². The largest absolute Gasteiger partial charge is 0.497 e. The molecule has 1 aromatic heterocycles. The number of furan rings is 1. The molecule has 9 heteroatoms. The number of likely N-dealkylation sites (tertiary alicyclic amines) is 1. The molecule has 0 aliphatic carbocycles. The van der Waals surface area contributed by atoms with Crippen molar-refractivity contribution in [1.82, 2.24) is 9.62 Å². The standard InChI is InChI=1S/C18H21N3O5S/c1-25-13-4-5-16-14(11-13)19-17(20-27(16,23)24)12-6-8-21(9-7-12)18(22)15-3-2-10-26-15/h2-5,10-12,17,19-20H,6-9H2,1H3/t17-/m1/s1. The molecule has 2 aromatic rings. The maximum absolute atomic E-state index is 12.6. The lowest BCUT2D eigenvalue weighted by Gasteiger charge is -2.38. The van der Waals surface area contributed by atoms with Crippen LogP contribution in [0, 0.1) is 5.92 Å². The first kappa shape index (κ1) is 17.9. The second kappa shape index (κ2) is 6.90. The Balaban J connectivity index is 1.46. The SMILES string of the molecule is COc1ccc2c(c1)N[C@@H](C1CCN(C(=O)c3ccco3)CC1)NS2(=O)=O. The van der Waals surface area contributed by atoms with Gasteiger partial charge in [-0.25, -0.2) is 8.42 Å².